The largest absolute Gasteiger partial charge is 0.366 e. The molecule has 22 heavy (non-hydrogen) atoms. The summed E-state index contributed by atoms with van der Waals surface area (Å²) in [7, 11) is 0. The molecule has 0 aromatic carbocycles. The fourth-order valence-electron chi connectivity index (χ4n) is 3.06. The number of carbonyl (C=O) groups is 1. The van der Waals surface area contributed by atoms with E-state index in [2.05, 4.69) is 54.4 Å². The van der Waals surface area contributed by atoms with Gasteiger partial charge in [0.1, 0.15) is 11.3 Å². The zero-order valence-corrected chi connectivity index (χ0v) is 13.5. The van der Waals surface area contributed by atoms with Gasteiger partial charge in [0.15, 0.2) is 5.82 Å². The summed E-state index contributed by atoms with van der Waals surface area (Å²) in [6, 6.07) is 4.26. The number of pyridine rings is 2. The van der Waals surface area contributed by atoms with Crippen LogP contribution in [0.5, 0.6) is 0 Å². The lowest BCUT2D eigenvalue weighted by molar-refractivity contribution is -0.117. The fraction of sp³-hybridized carbons (Fsp3) is 0.471. The SMILES string of the molecule is CC(C)Nc1nc2c(c3cccnc13)C(C(C)C)CC(=O)N2. The number of aromatic nitrogens is 2. The second-order valence-corrected chi connectivity index (χ2v) is 6.52. The molecule has 5 heteroatoms. The van der Waals surface area contributed by atoms with Crippen LogP contribution in [0.4, 0.5) is 11.6 Å². The van der Waals surface area contributed by atoms with Crippen molar-refractivity contribution in [3.05, 3.63) is 23.9 Å². The van der Waals surface area contributed by atoms with Gasteiger partial charge in [-0.2, -0.15) is 0 Å². The first kappa shape index (κ1) is 14.8. The van der Waals surface area contributed by atoms with Gasteiger partial charge in [-0.3, -0.25) is 9.78 Å². The van der Waals surface area contributed by atoms with Crippen molar-refractivity contribution in [3.63, 3.8) is 0 Å². The van der Waals surface area contributed by atoms with E-state index < -0.39 is 0 Å². The third-order valence-electron chi connectivity index (χ3n) is 4.06. The molecule has 0 fully saturated rings. The van der Waals surface area contributed by atoms with Crippen molar-refractivity contribution in [2.75, 3.05) is 10.6 Å². The third kappa shape index (κ3) is 2.51. The minimum absolute atomic E-state index is 0.0393. The van der Waals surface area contributed by atoms with Gasteiger partial charge in [-0.25, -0.2) is 4.98 Å². The number of fused-ring (bicyclic) bond motifs is 3. The van der Waals surface area contributed by atoms with Gasteiger partial charge in [0.05, 0.1) is 0 Å². The summed E-state index contributed by atoms with van der Waals surface area (Å²) in [6.07, 6.45) is 2.29. The molecule has 116 valence electrons. The maximum atomic E-state index is 12.0. The molecule has 1 aliphatic heterocycles. The van der Waals surface area contributed by atoms with Crippen molar-refractivity contribution in [1.29, 1.82) is 0 Å². The average Bonchev–Trinajstić information content (AvgIpc) is 2.45. The lowest BCUT2D eigenvalue weighted by Gasteiger charge is -2.29. The van der Waals surface area contributed by atoms with Crippen LogP contribution in [0.1, 0.15) is 45.6 Å². The second-order valence-electron chi connectivity index (χ2n) is 6.52. The molecule has 3 heterocycles. The number of rotatable bonds is 3. The molecule has 2 N–H and O–H groups in total. The molecular formula is C17H22N4O. The quantitative estimate of drug-likeness (QED) is 0.909. The van der Waals surface area contributed by atoms with E-state index in [0.717, 1.165) is 22.3 Å². The molecule has 5 nitrogen and oxygen atoms in total. The van der Waals surface area contributed by atoms with Gasteiger partial charge in [-0.15, -0.1) is 0 Å². The van der Waals surface area contributed by atoms with Crippen LogP contribution in [0, 0.1) is 5.92 Å². The molecule has 1 unspecified atom stereocenters. The Bertz CT molecular complexity index is 724. The molecular weight excluding hydrogens is 276 g/mol. The molecule has 0 radical (unpaired) electrons. The van der Waals surface area contributed by atoms with Crippen LogP contribution in [0.2, 0.25) is 0 Å². The normalized spacial score (nSPS) is 17.7. The minimum Gasteiger partial charge on any atom is -0.366 e. The van der Waals surface area contributed by atoms with Crippen molar-refractivity contribution in [2.45, 2.75) is 46.1 Å². The molecule has 0 aliphatic carbocycles. The summed E-state index contributed by atoms with van der Waals surface area (Å²) >= 11 is 0. The highest BCUT2D eigenvalue weighted by Gasteiger charge is 2.31. The molecule has 1 amide bonds. The highest BCUT2D eigenvalue weighted by atomic mass is 16.1. The van der Waals surface area contributed by atoms with E-state index in [1.54, 1.807) is 6.20 Å². The van der Waals surface area contributed by atoms with Crippen LogP contribution >= 0.6 is 0 Å². The zero-order chi connectivity index (χ0) is 15.9. The van der Waals surface area contributed by atoms with E-state index in [1.165, 1.54) is 0 Å². The highest BCUT2D eigenvalue weighted by Crippen LogP contribution is 2.41. The number of carbonyl (C=O) groups excluding carboxylic acids is 1. The first-order valence-corrected chi connectivity index (χ1v) is 7.82. The molecule has 3 rings (SSSR count). The molecule has 0 saturated carbocycles. The van der Waals surface area contributed by atoms with Crippen LogP contribution < -0.4 is 10.6 Å². The molecule has 0 saturated heterocycles. The second kappa shape index (κ2) is 5.55. The number of anilines is 2. The lowest BCUT2D eigenvalue weighted by Crippen LogP contribution is -2.27. The maximum Gasteiger partial charge on any atom is 0.226 e. The predicted molar refractivity (Wildman–Crippen MR) is 89.1 cm³/mol. The summed E-state index contributed by atoms with van der Waals surface area (Å²) in [6.45, 7) is 8.42. The Balaban J connectivity index is 2.27. The van der Waals surface area contributed by atoms with Crippen molar-refractivity contribution < 1.29 is 4.79 Å². The number of hydrogen-bond acceptors (Lipinski definition) is 4. The van der Waals surface area contributed by atoms with Crippen molar-refractivity contribution in [3.8, 4) is 0 Å². The number of nitrogens with one attached hydrogen (secondary N) is 2. The molecule has 1 atom stereocenters. The first-order chi connectivity index (χ1) is 10.5. The van der Waals surface area contributed by atoms with Crippen molar-refractivity contribution >= 4 is 28.4 Å². The smallest absolute Gasteiger partial charge is 0.226 e. The van der Waals surface area contributed by atoms with E-state index in [4.69, 9.17) is 0 Å². The Morgan fingerprint density at radius 1 is 1.32 bits per heavy atom. The van der Waals surface area contributed by atoms with Crippen LogP contribution in [0.3, 0.4) is 0 Å². The van der Waals surface area contributed by atoms with Crippen LogP contribution in [0.25, 0.3) is 10.9 Å². The number of hydrogen-bond donors (Lipinski definition) is 2. The Morgan fingerprint density at radius 3 is 2.77 bits per heavy atom. The summed E-state index contributed by atoms with van der Waals surface area (Å²) in [5, 5.41) is 7.34. The molecule has 1 aliphatic rings. The van der Waals surface area contributed by atoms with Gasteiger partial charge >= 0.3 is 0 Å². The topological polar surface area (TPSA) is 66.9 Å². The Labute approximate surface area is 130 Å². The van der Waals surface area contributed by atoms with Gasteiger partial charge in [-0.05, 0) is 31.7 Å². The van der Waals surface area contributed by atoms with Gasteiger partial charge in [0, 0.05) is 29.6 Å². The van der Waals surface area contributed by atoms with Crippen molar-refractivity contribution in [1.82, 2.24) is 9.97 Å². The van der Waals surface area contributed by atoms with Gasteiger partial charge < -0.3 is 10.6 Å². The van der Waals surface area contributed by atoms with E-state index in [9.17, 15) is 4.79 Å². The third-order valence-corrected chi connectivity index (χ3v) is 4.06. The average molecular weight is 298 g/mol. The van der Waals surface area contributed by atoms with E-state index in [-0.39, 0.29) is 17.9 Å². The summed E-state index contributed by atoms with van der Waals surface area (Å²) < 4.78 is 0. The standard InChI is InChI=1S/C17H22N4O/c1-9(2)12-8-13(22)20-16-14(12)11-6-5-7-18-15(11)17(21-16)19-10(3)4/h5-7,9-10,12H,8H2,1-4H3,(H2,19,20,21,22). The first-order valence-electron chi connectivity index (χ1n) is 7.82. The van der Waals surface area contributed by atoms with Gasteiger partial charge in [0.25, 0.3) is 0 Å². The summed E-state index contributed by atoms with van der Waals surface area (Å²) in [5.74, 6) is 2.00. The fourth-order valence-corrected chi connectivity index (χ4v) is 3.06. The highest BCUT2D eigenvalue weighted by molar-refractivity contribution is 6.01. The van der Waals surface area contributed by atoms with Crippen LogP contribution in [-0.4, -0.2) is 21.9 Å². The monoisotopic (exact) mass is 298 g/mol. The molecule has 2 aromatic heterocycles. The van der Waals surface area contributed by atoms with Crippen molar-refractivity contribution in [2.24, 2.45) is 5.92 Å². The van der Waals surface area contributed by atoms with Crippen LogP contribution in [-0.2, 0) is 4.79 Å². The predicted octanol–water partition coefficient (Wildman–Crippen LogP) is 3.53. The summed E-state index contributed by atoms with van der Waals surface area (Å²) in [4.78, 5) is 21.2. The Kier molecular flexibility index (Phi) is 3.72. The number of amides is 1. The maximum absolute atomic E-state index is 12.0. The van der Waals surface area contributed by atoms with E-state index in [0.29, 0.717) is 18.2 Å². The lowest BCUT2D eigenvalue weighted by atomic mass is 9.82. The Morgan fingerprint density at radius 2 is 2.09 bits per heavy atom. The van der Waals surface area contributed by atoms with Crippen LogP contribution in [0.15, 0.2) is 18.3 Å². The van der Waals surface area contributed by atoms with E-state index in [1.807, 2.05) is 6.07 Å². The number of nitrogens with zero attached hydrogens (tertiary/aromatic N) is 2. The Hall–Kier alpha value is -2.17. The molecule has 0 spiro atoms. The van der Waals surface area contributed by atoms with Gasteiger partial charge in [0.2, 0.25) is 5.91 Å². The van der Waals surface area contributed by atoms with Gasteiger partial charge in [-0.1, -0.05) is 19.9 Å². The van der Waals surface area contributed by atoms with E-state index >= 15 is 0 Å². The zero-order valence-electron chi connectivity index (χ0n) is 13.5. The summed E-state index contributed by atoms with van der Waals surface area (Å²) in [5.41, 5.74) is 1.99. The minimum atomic E-state index is 0.0393. The molecule has 0 bridgehead atoms. The molecule has 2 aromatic rings.